The quantitative estimate of drug-likeness (QED) is 0.817. The molecule has 0 radical (unpaired) electrons. The van der Waals surface area contributed by atoms with Gasteiger partial charge in [-0.25, -0.2) is 0 Å². The predicted octanol–water partition coefficient (Wildman–Crippen LogP) is 5.24. The Morgan fingerprint density at radius 2 is 1.95 bits per heavy atom. The lowest BCUT2D eigenvalue weighted by Gasteiger charge is -2.10. The molecule has 0 fully saturated rings. The van der Waals surface area contributed by atoms with Crippen LogP contribution in [0.4, 0.5) is 5.69 Å². The van der Waals surface area contributed by atoms with Gasteiger partial charge in [0.15, 0.2) is 0 Å². The highest BCUT2D eigenvalue weighted by molar-refractivity contribution is 9.10. The number of benzene rings is 2. The maximum Gasteiger partial charge on any atom is 0.101 e. The molecule has 0 saturated heterocycles. The molecule has 0 aliphatic rings. The van der Waals surface area contributed by atoms with Crippen molar-refractivity contribution in [3.63, 3.8) is 0 Å². The maximum absolute atomic E-state index is 9.04. The zero-order chi connectivity index (χ0) is 13.8. The molecule has 0 aliphatic heterocycles. The molecule has 2 aromatic carbocycles. The van der Waals surface area contributed by atoms with E-state index in [9.17, 15) is 0 Å². The smallest absolute Gasteiger partial charge is 0.101 e. The lowest BCUT2D eigenvalue weighted by molar-refractivity contribution is 1.14. The number of rotatable bonds is 3. The summed E-state index contributed by atoms with van der Waals surface area (Å²) in [4.78, 5) is 0. The summed E-state index contributed by atoms with van der Waals surface area (Å²) in [6.45, 7) is 0.521. The standard InChI is InChI=1S/C14H9BrCl2N2/c15-11-2-4-13(17)10(5-11)8-19-14-6-12(16)3-1-9(14)7-18/h1-6,19H,8H2. The summed E-state index contributed by atoms with van der Waals surface area (Å²) in [5, 5.41) is 13.5. The van der Waals surface area contributed by atoms with Crippen molar-refractivity contribution in [3.8, 4) is 6.07 Å². The van der Waals surface area contributed by atoms with Gasteiger partial charge in [0.1, 0.15) is 6.07 Å². The van der Waals surface area contributed by atoms with Gasteiger partial charge in [-0.05, 0) is 42.0 Å². The first-order valence-corrected chi connectivity index (χ1v) is 7.02. The van der Waals surface area contributed by atoms with Gasteiger partial charge in [-0.3, -0.25) is 0 Å². The van der Waals surface area contributed by atoms with Gasteiger partial charge in [0.2, 0.25) is 0 Å². The Morgan fingerprint density at radius 1 is 1.16 bits per heavy atom. The van der Waals surface area contributed by atoms with Gasteiger partial charge in [0.05, 0.1) is 11.3 Å². The first-order valence-electron chi connectivity index (χ1n) is 5.47. The van der Waals surface area contributed by atoms with Crippen molar-refractivity contribution in [2.45, 2.75) is 6.54 Å². The number of nitriles is 1. The second-order valence-corrected chi connectivity index (χ2v) is 5.65. The minimum atomic E-state index is 0.521. The molecular formula is C14H9BrCl2N2. The maximum atomic E-state index is 9.04. The van der Waals surface area contributed by atoms with Gasteiger partial charge in [-0.1, -0.05) is 39.1 Å². The fraction of sp³-hybridized carbons (Fsp3) is 0.0714. The summed E-state index contributed by atoms with van der Waals surface area (Å²) < 4.78 is 0.959. The van der Waals surface area contributed by atoms with Crippen LogP contribution in [-0.4, -0.2) is 0 Å². The predicted molar refractivity (Wildman–Crippen MR) is 82.6 cm³/mol. The third-order valence-corrected chi connectivity index (χ3v) is 3.68. The average Bonchev–Trinajstić information content (AvgIpc) is 2.40. The van der Waals surface area contributed by atoms with Crippen molar-refractivity contribution in [2.75, 3.05) is 5.32 Å². The highest BCUT2D eigenvalue weighted by Gasteiger charge is 2.05. The van der Waals surface area contributed by atoms with E-state index in [2.05, 4.69) is 27.3 Å². The third-order valence-electron chi connectivity index (χ3n) is 2.58. The minimum absolute atomic E-state index is 0.521. The Morgan fingerprint density at radius 3 is 2.68 bits per heavy atom. The van der Waals surface area contributed by atoms with Crippen LogP contribution in [0.1, 0.15) is 11.1 Å². The van der Waals surface area contributed by atoms with Gasteiger partial charge in [-0.2, -0.15) is 5.26 Å². The van der Waals surface area contributed by atoms with E-state index in [1.165, 1.54) is 0 Å². The molecule has 0 unspecified atom stereocenters. The fourth-order valence-corrected chi connectivity index (χ4v) is 2.39. The molecule has 0 saturated carbocycles. The molecular weight excluding hydrogens is 347 g/mol. The number of anilines is 1. The zero-order valence-corrected chi connectivity index (χ0v) is 12.9. The molecule has 19 heavy (non-hydrogen) atoms. The van der Waals surface area contributed by atoms with Crippen molar-refractivity contribution in [3.05, 3.63) is 62.0 Å². The number of halogens is 3. The van der Waals surface area contributed by atoms with Crippen LogP contribution in [0, 0.1) is 11.3 Å². The molecule has 2 aromatic rings. The van der Waals surface area contributed by atoms with Gasteiger partial charge in [0, 0.05) is 21.1 Å². The third kappa shape index (κ3) is 3.63. The Kier molecular flexibility index (Phi) is 4.71. The van der Waals surface area contributed by atoms with Crippen LogP contribution in [0.15, 0.2) is 40.9 Å². The molecule has 96 valence electrons. The molecule has 0 aliphatic carbocycles. The van der Waals surface area contributed by atoms with E-state index in [1.54, 1.807) is 18.2 Å². The van der Waals surface area contributed by atoms with Crippen molar-refractivity contribution >= 4 is 44.8 Å². The Hall–Kier alpha value is -1.21. The molecule has 5 heteroatoms. The number of nitrogens with zero attached hydrogens (tertiary/aromatic N) is 1. The van der Waals surface area contributed by atoms with Crippen LogP contribution < -0.4 is 5.32 Å². The largest absolute Gasteiger partial charge is 0.380 e. The van der Waals surface area contributed by atoms with E-state index in [-0.39, 0.29) is 0 Å². The Bertz CT molecular complexity index is 650. The van der Waals surface area contributed by atoms with Crippen LogP contribution >= 0.6 is 39.1 Å². The van der Waals surface area contributed by atoms with Crippen molar-refractivity contribution in [1.82, 2.24) is 0 Å². The molecule has 0 bridgehead atoms. The van der Waals surface area contributed by atoms with Crippen molar-refractivity contribution in [1.29, 1.82) is 5.26 Å². The van der Waals surface area contributed by atoms with E-state index in [1.807, 2.05) is 18.2 Å². The summed E-state index contributed by atoms with van der Waals surface area (Å²) in [6.07, 6.45) is 0. The van der Waals surface area contributed by atoms with Gasteiger partial charge in [-0.15, -0.1) is 0 Å². The summed E-state index contributed by atoms with van der Waals surface area (Å²) in [5.41, 5.74) is 2.20. The normalized spacial score (nSPS) is 10.0. The topological polar surface area (TPSA) is 35.8 Å². The van der Waals surface area contributed by atoms with Crippen LogP contribution in [0.25, 0.3) is 0 Å². The summed E-state index contributed by atoms with van der Waals surface area (Å²) in [7, 11) is 0. The first kappa shape index (κ1) is 14.2. The molecule has 0 amide bonds. The van der Waals surface area contributed by atoms with E-state index in [0.717, 1.165) is 10.0 Å². The van der Waals surface area contributed by atoms with Crippen molar-refractivity contribution in [2.24, 2.45) is 0 Å². The monoisotopic (exact) mass is 354 g/mol. The van der Waals surface area contributed by atoms with Gasteiger partial charge >= 0.3 is 0 Å². The summed E-state index contributed by atoms with van der Waals surface area (Å²) >= 11 is 15.4. The first-order chi connectivity index (χ1) is 9.10. The number of hydrogen-bond acceptors (Lipinski definition) is 2. The van der Waals surface area contributed by atoms with E-state index < -0.39 is 0 Å². The highest BCUT2D eigenvalue weighted by Crippen LogP contribution is 2.24. The molecule has 0 spiro atoms. The van der Waals surface area contributed by atoms with Crippen LogP contribution in [-0.2, 0) is 6.54 Å². The zero-order valence-electron chi connectivity index (χ0n) is 9.75. The number of hydrogen-bond donors (Lipinski definition) is 1. The van der Waals surface area contributed by atoms with Gasteiger partial charge in [0.25, 0.3) is 0 Å². The lowest BCUT2D eigenvalue weighted by Crippen LogP contribution is -2.02. The molecule has 2 nitrogen and oxygen atoms in total. The molecule has 0 aromatic heterocycles. The van der Waals surface area contributed by atoms with E-state index in [4.69, 9.17) is 28.5 Å². The molecule has 2 rings (SSSR count). The summed E-state index contributed by atoms with van der Waals surface area (Å²) in [6, 6.07) is 12.9. The van der Waals surface area contributed by atoms with Crippen LogP contribution in [0.2, 0.25) is 10.0 Å². The van der Waals surface area contributed by atoms with Crippen LogP contribution in [0.3, 0.4) is 0 Å². The van der Waals surface area contributed by atoms with E-state index >= 15 is 0 Å². The molecule has 0 heterocycles. The highest BCUT2D eigenvalue weighted by atomic mass is 79.9. The SMILES string of the molecule is N#Cc1ccc(Cl)cc1NCc1cc(Br)ccc1Cl. The average molecular weight is 356 g/mol. The molecule has 1 N–H and O–H groups in total. The summed E-state index contributed by atoms with van der Waals surface area (Å²) in [5.74, 6) is 0. The Labute approximate surface area is 130 Å². The second-order valence-electron chi connectivity index (χ2n) is 3.89. The second kappa shape index (κ2) is 6.29. The fourth-order valence-electron chi connectivity index (χ4n) is 1.63. The number of nitrogens with one attached hydrogen (secondary N) is 1. The van der Waals surface area contributed by atoms with E-state index in [0.29, 0.717) is 27.8 Å². The minimum Gasteiger partial charge on any atom is -0.380 e. The Balaban J connectivity index is 2.21. The molecule has 0 atom stereocenters. The van der Waals surface area contributed by atoms with Crippen molar-refractivity contribution < 1.29 is 0 Å². The lowest BCUT2D eigenvalue weighted by atomic mass is 10.1. The van der Waals surface area contributed by atoms with Crippen LogP contribution in [0.5, 0.6) is 0 Å². The van der Waals surface area contributed by atoms with Gasteiger partial charge < -0.3 is 5.32 Å².